The highest BCUT2D eigenvalue weighted by Gasteiger charge is 2.27. The van der Waals surface area contributed by atoms with Crippen LogP contribution in [0.5, 0.6) is 0 Å². The Kier molecular flexibility index (Phi) is 3.10. The van der Waals surface area contributed by atoms with Crippen molar-refractivity contribution in [3.05, 3.63) is 0 Å². The third-order valence-corrected chi connectivity index (χ3v) is 2.33. The quantitative estimate of drug-likeness (QED) is 0.676. The Balaban J connectivity index is 2.23. The molecule has 1 fully saturated rings. The maximum absolute atomic E-state index is 13.1. The van der Waals surface area contributed by atoms with Crippen LogP contribution in [-0.4, -0.2) is 18.8 Å². The van der Waals surface area contributed by atoms with E-state index >= 15 is 0 Å². The lowest BCUT2D eigenvalue weighted by Crippen LogP contribution is -2.38. The van der Waals surface area contributed by atoms with Crippen LogP contribution in [0.4, 0.5) is 4.39 Å². The molecule has 0 bridgehead atoms. The molecule has 2 heteroatoms. The number of hydrogen-bond acceptors (Lipinski definition) is 1. The third-order valence-electron chi connectivity index (χ3n) is 2.33. The lowest BCUT2D eigenvalue weighted by Gasteiger charge is -2.23. The Bertz CT molecular complexity index is 139. The Morgan fingerprint density at radius 3 is 2.42 bits per heavy atom. The van der Waals surface area contributed by atoms with Gasteiger partial charge in [-0.15, -0.1) is 0 Å². The molecule has 0 heterocycles. The van der Waals surface area contributed by atoms with E-state index in [9.17, 15) is 4.39 Å². The zero-order valence-electron chi connectivity index (χ0n) is 8.36. The molecule has 1 aliphatic rings. The number of rotatable bonds is 2. The average Bonchev–Trinajstić information content (AvgIpc) is 2.29. The summed E-state index contributed by atoms with van der Waals surface area (Å²) >= 11 is 0. The van der Waals surface area contributed by atoms with Crippen molar-refractivity contribution in [2.75, 3.05) is 6.54 Å². The van der Waals surface area contributed by atoms with Crippen molar-refractivity contribution in [1.29, 1.82) is 0 Å². The van der Waals surface area contributed by atoms with Crippen molar-refractivity contribution in [3.8, 4) is 0 Å². The number of alkyl halides is 1. The summed E-state index contributed by atoms with van der Waals surface area (Å²) in [4.78, 5) is 0. The molecule has 0 aliphatic heterocycles. The van der Waals surface area contributed by atoms with Gasteiger partial charge in [0.2, 0.25) is 0 Å². The van der Waals surface area contributed by atoms with Gasteiger partial charge in [-0.1, -0.05) is 20.8 Å². The van der Waals surface area contributed by atoms with E-state index in [0.717, 1.165) is 25.8 Å². The summed E-state index contributed by atoms with van der Waals surface area (Å²) in [5.41, 5.74) is 0.266. The molecule has 12 heavy (non-hydrogen) atoms. The first kappa shape index (κ1) is 9.97. The average molecular weight is 173 g/mol. The van der Waals surface area contributed by atoms with E-state index in [1.54, 1.807) is 0 Å². The van der Waals surface area contributed by atoms with Gasteiger partial charge in [0.1, 0.15) is 6.17 Å². The molecule has 0 spiro atoms. The molecule has 0 aromatic heterocycles. The Labute approximate surface area is 74.7 Å². The molecule has 2 atom stereocenters. The Hall–Kier alpha value is -0.110. The molecule has 0 aromatic carbocycles. The predicted octanol–water partition coefficient (Wildman–Crippen LogP) is 2.51. The van der Waals surface area contributed by atoms with Gasteiger partial charge in [0.15, 0.2) is 0 Å². The molecule has 1 saturated carbocycles. The summed E-state index contributed by atoms with van der Waals surface area (Å²) < 4.78 is 13.1. The molecular weight excluding hydrogens is 153 g/mol. The molecule has 1 rings (SSSR count). The van der Waals surface area contributed by atoms with E-state index in [4.69, 9.17) is 0 Å². The summed E-state index contributed by atoms with van der Waals surface area (Å²) in [5, 5.41) is 3.30. The molecule has 1 aliphatic carbocycles. The van der Waals surface area contributed by atoms with Crippen LogP contribution in [0.15, 0.2) is 0 Å². The van der Waals surface area contributed by atoms with E-state index in [0.29, 0.717) is 0 Å². The van der Waals surface area contributed by atoms with Crippen LogP contribution in [0.25, 0.3) is 0 Å². The highest BCUT2D eigenvalue weighted by Crippen LogP contribution is 2.23. The zero-order chi connectivity index (χ0) is 9.19. The zero-order valence-corrected chi connectivity index (χ0v) is 8.36. The van der Waals surface area contributed by atoms with Crippen molar-refractivity contribution < 1.29 is 4.39 Å². The van der Waals surface area contributed by atoms with Gasteiger partial charge in [-0.05, 0) is 24.7 Å². The van der Waals surface area contributed by atoms with E-state index in [-0.39, 0.29) is 11.5 Å². The topological polar surface area (TPSA) is 12.0 Å². The monoisotopic (exact) mass is 173 g/mol. The lowest BCUT2D eigenvalue weighted by molar-refractivity contribution is 0.256. The Morgan fingerprint density at radius 2 is 2.00 bits per heavy atom. The van der Waals surface area contributed by atoms with Gasteiger partial charge in [0.05, 0.1) is 0 Å². The molecule has 1 nitrogen and oxygen atoms in total. The molecule has 1 N–H and O–H groups in total. The third kappa shape index (κ3) is 3.10. The molecule has 0 saturated heterocycles. The van der Waals surface area contributed by atoms with Crippen molar-refractivity contribution >= 4 is 0 Å². The maximum Gasteiger partial charge on any atom is 0.115 e. The summed E-state index contributed by atoms with van der Waals surface area (Å²) in [5.74, 6) is 0. The Morgan fingerprint density at radius 1 is 1.33 bits per heavy atom. The molecule has 0 radical (unpaired) electrons. The van der Waals surface area contributed by atoms with Crippen molar-refractivity contribution in [1.82, 2.24) is 5.32 Å². The van der Waals surface area contributed by atoms with Crippen molar-refractivity contribution in [2.45, 2.75) is 52.2 Å². The fraction of sp³-hybridized carbons (Fsp3) is 1.00. The lowest BCUT2D eigenvalue weighted by atomic mass is 9.96. The number of nitrogens with one attached hydrogen (secondary N) is 1. The smallest absolute Gasteiger partial charge is 0.115 e. The first-order valence-electron chi connectivity index (χ1n) is 4.86. The van der Waals surface area contributed by atoms with Gasteiger partial charge in [0, 0.05) is 12.6 Å². The highest BCUT2D eigenvalue weighted by atomic mass is 19.1. The fourth-order valence-corrected chi connectivity index (χ4v) is 1.58. The minimum Gasteiger partial charge on any atom is -0.311 e. The van der Waals surface area contributed by atoms with Crippen LogP contribution in [0.1, 0.15) is 40.0 Å². The van der Waals surface area contributed by atoms with Gasteiger partial charge in [-0.3, -0.25) is 0 Å². The van der Waals surface area contributed by atoms with Gasteiger partial charge in [0.25, 0.3) is 0 Å². The summed E-state index contributed by atoms with van der Waals surface area (Å²) in [6.07, 6.45) is 2.20. The predicted molar refractivity (Wildman–Crippen MR) is 50.0 cm³/mol. The van der Waals surface area contributed by atoms with Crippen LogP contribution < -0.4 is 5.32 Å². The highest BCUT2D eigenvalue weighted by molar-refractivity contribution is 4.84. The maximum atomic E-state index is 13.1. The molecule has 0 aromatic rings. The summed E-state index contributed by atoms with van der Waals surface area (Å²) in [6.45, 7) is 7.42. The first-order valence-corrected chi connectivity index (χ1v) is 4.86. The van der Waals surface area contributed by atoms with Crippen LogP contribution in [0.2, 0.25) is 0 Å². The minimum absolute atomic E-state index is 0.129. The van der Waals surface area contributed by atoms with Gasteiger partial charge in [-0.25, -0.2) is 4.39 Å². The number of halogens is 1. The van der Waals surface area contributed by atoms with E-state index in [1.165, 1.54) is 0 Å². The van der Waals surface area contributed by atoms with Gasteiger partial charge >= 0.3 is 0 Å². The first-order chi connectivity index (χ1) is 5.49. The minimum atomic E-state index is -0.604. The second-order valence-electron chi connectivity index (χ2n) is 4.99. The number of hydrogen-bond donors (Lipinski definition) is 1. The largest absolute Gasteiger partial charge is 0.311 e. The van der Waals surface area contributed by atoms with Crippen LogP contribution >= 0.6 is 0 Å². The SMILES string of the molecule is CC(C)(C)CN[C@@H]1CCC[C@@H]1F. The second-order valence-corrected chi connectivity index (χ2v) is 4.99. The second kappa shape index (κ2) is 3.73. The van der Waals surface area contributed by atoms with Crippen LogP contribution in [-0.2, 0) is 0 Å². The standard InChI is InChI=1S/C10H20FN/c1-10(2,3)7-12-9-6-4-5-8(9)11/h8-9,12H,4-7H2,1-3H3/t8-,9+/m0/s1. The molecule has 0 unspecified atom stereocenters. The molecular formula is C10H20FN. The van der Waals surface area contributed by atoms with Gasteiger partial charge in [-0.2, -0.15) is 0 Å². The summed E-state index contributed by atoms with van der Waals surface area (Å²) in [7, 11) is 0. The van der Waals surface area contributed by atoms with E-state index in [1.807, 2.05) is 0 Å². The van der Waals surface area contributed by atoms with Crippen LogP contribution in [0.3, 0.4) is 0 Å². The van der Waals surface area contributed by atoms with Crippen LogP contribution in [0, 0.1) is 5.41 Å². The van der Waals surface area contributed by atoms with Gasteiger partial charge < -0.3 is 5.32 Å². The molecule has 0 amide bonds. The normalized spacial score (nSPS) is 31.0. The van der Waals surface area contributed by atoms with E-state index < -0.39 is 6.17 Å². The van der Waals surface area contributed by atoms with E-state index in [2.05, 4.69) is 26.1 Å². The molecule has 72 valence electrons. The van der Waals surface area contributed by atoms with Crippen molar-refractivity contribution in [3.63, 3.8) is 0 Å². The van der Waals surface area contributed by atoms with Crippen molar-refractivity contribution in [2.24, 2.45) is 5.41 Å². The fourth-order valence-electron chi connectivity index (χ4n) is 1.58. The summed E-state index contributed by atoms with van der Waals surface area (Å²) in [6, 6.07) is 0.129.